The molecule has 1 aromatic carbocycles. The molecule has 3 N–H and O–H groups in total. The van der Waals surface area contributed by atoms with Gasteiger partial charge in [-0.2, -0.15) is 0 Å². The Balaban J connectivity index is 1.82. The molecular formula is C14H22N4O. The van der Waals surface area contributed by atoms with Crippen molar-refractivity contribution in [3.8, 4) is 0 Å². The number of hydrogen-bond acceptors (Lipinski definition) is 4. The van der Waals surface area contributed by atoms with E-state index in [9.17, 15) is 0 Å². The molecule has 1 aliphatic heterocycles. The minimum absolute atomic E-state index is 0.307. The van der Waals surface area contributed by atoms with Gasteiger partial charge in [0, 0.05) is 44.8 Å². The summed E-state index contributed by atoms with van der Waals surface area (Å²) in [6.45, 7) is 7.08. The van der Waals surface area contributed by atoms with Crippen LogP contribution >= 0.6 is 0 Å². The molecule has 1 fully saturated rings. The van der Waals surface area contributed by atoms with Crippen molar-refractivity contribution in [1.29, 1.82) is 0 Å². The van der Waals surface area contributed by atoms with Gasteiger partial charge in [0.1, 0.15) is 5.84 Å². The Kier molecular flexibility index (Phi) is 4.63. The standard InChI is InChI=1S/C14H22N4O/c1-12-3-2-4-13(11-12)18-9-7-17(8-10-18)6-5-14(15)16-19/h2-4,11,19H,5-10H2,1H3,(H2,15,16). The van der Waals surface area contributed by atoms with Crippen LogP contribution in [0.3, 0.4) is 0 Å². The van der Waals surface area contributed by atoms with Crippen LogP contribution in [0.1, 0.15) is 12.0 Å². The normalized spacial score (nSPS) is 17.7. The Morgan fingerprint density at radius 3 is 2.68 bits per heavy atom. The zero-order valence-electron chi connectivity index (χ0n) is 11.4. The molecule has 19 heavy (non-hydrogen) atoms. The van der Waals surface area contributed by atoms with Gasteiger partial charge in [-0.25, -0.2) is 0 Å². The van der Waals surface area contributed by atoms with E-state index in [1.807, 2.05) is 0 Å². The van der Waals surface area contributed by atoms with E-state index in [2.05, 4.69) is 46.1 Å². The number of oxime groups is 1. The zero-order valence-corrected chi connectivity index (χ0v) is 11.4. The Morgan fingerprint density at radius 2 is 2.05 bits per heavy atom. The average Bonchev–Trinajstić information content (AvgIpc) is 2.45. The van der Waals surface area contributed by atoms with Crippen LogP contribution in [0.25, 0.3) is 0 Å². The van der Waals surface area contributed by atoms with E-state index in [4.69, 9.17) is 10.9 Å². The second-order valence-electron chi connectivity index (χ2n) is 5.01. The molecule has 5 heteroatoms. The van der Waals surface area contributed by atoms with Crippen LogP contribution in [0, 0.1) is 6.92 Å². The van der Waals surface area contributed by atoms with E-state index < -0.39 is 0 Å². The van der Waals surface area contributed by atoms with Crippen LogP contribution in [0.15, 0.2) is 29.4 Å². The Hall–Kier alpha value is -1.75. The third-order valence-corrected chi connectivity index (χ3v) is 3.55. The Bertz CT molecular complexity index is 439. The van der Waals surface area contributed by atoms with Crippen molar-refractivity contribution in [2.24, 2.45) is 10.9 Å². The van der Waals surface area contributed by atoms with Crippen LogP contribution < -0.4 is 10.6 Å². The summed E-state index contributed by atoms with van der Waals surface area (Å²) < 4.78 is 0. The third-order valence-electron chi connectivity index (χ3n) is 3.55. The highest BCUT2D eigenvalue weighted by molar-refractivity contribution is 5.79. The molecule has 1 aliphatic rings. The molecule has 1 heterocycles. The molecule has 5 nitrogen and oxygen atoms in total. The van der Waals surface area contributed by atoms with E-state index in [1.54, 1.807) is 0 Å². The molecule has 0 aliphatic carbocycles. The summed E-state index contributed by atoms with van der Waals surface area (Å²) in [4.78, 5) is 4.76. The van der Waals surface area contributed by atoms with E-state index in [1.165, 1.54) is 11.3 Å². The summed E-state index contributed by atoms with van der Waals surface area (Å²) >= 11 is 0. The maximum Gasteiger partial charge on any atom is 0.140 e. The van der Waals surface area contributed by atoms with Gasteiger partial charge < -0.3 is 15.8 Å². The van der Waals surface area contributed by atoms with E-state index in [0.29, 0.717) is 12.3 Å². The SMILES string of the molecule is Cc1cccc(N2CCN(CC/C(N)=N/O)CC2)c1. The van der Waals surface area contributed by atoms with E-state index in [-0.39, 0.29) is 0 Å². The highest BCUT2D eigenvalue weighted by Crippen LogP contribution is 2.17. The fraction of sp³-hybridized carbons (Fsp3) is 0.500. The molecule has 0 saturated carbocycles. The highest BCUT2D eigenvalue weighted by Gasteiger charge is 2.17. The third kappa shape index (κ3) is 3.86. The van der Waals surface area contributed by atoms with Crippen LogP contribution in [-0.2, 0) is 0 Å². The predicted molar refractivity (Wildman–Crippen MR) is 77.9 cm³/mol. The van der Waals surface area contributed by atoms with E-state index in [0.717, 1.165) is 32.7 Å². The number of aryl methyl sites for hydroxylation is 1. The minimum atomic E-state index is 0.307. The second kappa shape index (κ2) is 6.43. The van der Waals surface area contributed by atoms with Crippen molar-refractivity contribution < 1.29 is 5.21 Å². The summed E-state index contributed by atoms with van der Waals surface area (Å²) in [5.41, 5.74) is 8.09. The number of nitrogens with zero attached hydrogens (tertiary/aromatic N) is 3. The van der Waals surface area contributed by atoms with Gasteiger partial charge in [0.2, 0.25) is 0 Å². The van der Waals surface area contributed by atoms with Crippen molar-refractivity contribution in [1.82, 2.24) is 4.90 Å². The van der Waals surface area contributed by atoms with Gasteiger partial charge in [-0.05, 0) is 24.6 Å². The molecule has 0 amide bonds. The first-order valence-electron chi connectivity index (χ1n) is 6.69. The maximum absolute atomic E-state index is 8.52. The Morgan fingerprint density at radius 1 is 1.32 bits per heavy atom. The molecule has 0 spiro atoms. The molecule has 104 valence electrons. The van der Waals surface area contributed by atoms with Gasteiger partial charge >= 0.3 is 0 Å². The number of anilines is 1. The van der Waals surface area contributed by atoms with Crippen molar-refractivity contribution >= 4 is 11.5 Å². The Labute approximate surface area is 114 Å². The minimum Gasteiger partial charge on any atom is -0.409 e. The molecule has 0 radical (unpaired) electrons. The molecule has 1 saturated heterocycles. The molecule has 1 aromatic rings. The number of amidine groups is 1. The van der Waals surface area contributed by atoms with Crippen molar-refractivity contribution in [2.45, 2.75) is 13.3 Å². The fourth-order valence-corrected chi connectivity index (χ4v) is 2.38. The van der Waals surface area contributed by atoms with Crippen LogP contribution in [0.4, 0.5) is 5.69 Å². The average molecular weight is 262 g/mol. The largest absolute Gasteiger partial charge is 0.409 e. The molecule has 0 unspecified atom stereocenters. The summed E-state index contributed by atoms with van der Waals surface area (Å²) in [5, 5.41) is 11.5. The van der Waals surface area contributed by atoms with Crippen LogP contribution in [0.5, 0.6) is 0 Å². The topological polar surface area (TPSA) is 65.1 Å². The highest BCUT2D eigenvalue weighted by atomic mass is 16.4. The second-order valence-corrected chi connectivity index (χ2v) is 5.01. The zero-order chi connectivity index (χ0) is 13.7. The lowest BCUT2D eigenvalue weighted by molar-refractivity contribution is 0.262. The quantitative estimate of drug-likeness (QED) is 0.371. The molecule has 0 aromatic heterocycles. The molecular weight excluding hydrogens is 240 g/mol. The predicted octanol–water partition coefficient (Wildman–Crippen LogP) is 1.25. The number of piperazine rings is 1. The molecule has 0 bridgehead atoms. The van der Waals surface area contributed by atoms with Gasteiger partial charge in [-0.15, -0.1) is 0 Å². The van der Waals surface area contributed by atoms with Gasteiger partial charge in [0.05, 0.1) is 0 Å². The summed E-state index contributed by atoms with van der Waals surface area (Å²) in [6, 6.07) is 8.62. The molecule has 0 atom stereocenters. The number of rotatable bonds is 4. The van der Waals surface area contributed by atoms with Crippen molar-refractivity contribution in [3.63, 3.8) is 0 Å². The lowest BCUT2D eigenvalue weighted by atomic mass is 10.2. The number of hydrogen-bond donors (Lipinski definition) is 2. The van der Waals surface area contributed by atoms with E-state index >= 15 is 0 Å². The fourth-order valence-electron chi connectivity index (χ4n) is 2.38. The van der Waals surface area contributed by atoms with Gasteiger partial charge in [-0.3, -0.25) is 4.90 Å². The van der Waals surface area contributed by atoms with Gasteiger partial charge in [0.25, 0.3) is 0 Å². The first kappa shape index (κ1) is 13.7. The first-order valence-corrected chi connectivity index (χ1v) is 6.69. The van der Waals surface area contributed by atoms with Gasteiger partial charge in [0.15, 0.2) is 0 Å². The van der Waals surface area contributed by atoms with Crippen LogP contribution in [0.2, 0.25) is 0 Å². The lowest BCUT2D eigenvalue weighted by Crippen LogP contribution is -2.47. The maximum atomic E-state index is 8.52. The number of nitrogens with two attached hydrogens (primary N) is 1. The van der Waals surface area contributed by atoms with Crippen LogP contribution in [-0.4, -0.2) is 48.7 Å². The first-order chi connectivity index (χ1) is 9.19. The number of benzene rings is 1. The lowest BCUT2D eigenvalue weighted by Gasteiger charge is -2.36. The summed E-state index contributed by atoms with van der Waals surface area (Å²) in [7, 11) is 0. The van der Waals surface area contributed by atoms with Crippen molar-refractivity contribution in [3.05, 3.63) is 29.8 Å². The van der Waals surface area contributed by atoms with Crippen molar-refractivity contribution in [2.75, 3.05) is 37.6 Å². The van der Waals surface area contributed by atoms with Gasteiger partial charge in [-0.1, -0.05) is 17.3 Å². The smallest absolute Gasteiger partial charge is 0.140 e. The summed E-state index contributed by atoms with van der Waals surface area (Å²) in [6.07, 6.45) is 0.626. The monoisotopic (exact) mass is 262 g/mol. The summed E-state index contributed by atoms with van der Waals surface area (Å²) in [5.74, 6) is 0.307. The molecule has 2 rings (SSSR count).